The lowest BCUT2D eigenvalue weighted by Crippen LogP contribution is -2.36. The minimum absolute atomic E-state index is 0.0248. The Morgan fingerprint density at radius 3 is 3.07 bits per heavy atom. The summed E-state index contributed by atoms with van der Waals surface area (Å²) >= 11 is 1.93. The summed E-state index contributed by atoms with van der Waals surface area (Å²) in [7, 11) is 0. The fraction of sp³-hybridized carbons (Fsp3) is 0.800. The molecule has 2 saturated heterocycles. The molecule has 2 fully saturated rings. The van der Waals surface area contributed by atoms with Crippen LogP contribution in [0.15, 0.2) is 0 Å². The number of aldehydes is 1. The van der Waals surface area contributed by atoms with Crippen molar-refractivity contribution in [2.24, 2.45) is 0 Å². The van der Waals surface area contributed by atoms with Crippen LogP contribution in [0.5, 0.6) is 0 Å². The molecule has 4 nitrogen and oxygen atoms in total. The summed E-state index contributed by atoms with van der Waals surface area (Å²) in [6.07, 6.45) is 4.79. The minimum atomic E-state index is -0.0248. The summed E-state index contributed by atoms with van der Waals surface area (Å²) in [4.78, 5) is 21.3. The van der Waals surface area contributed by atoms with Crippen molar-refractivity contribution < 1.29 is 9.59 Å². The van der Waals surface area contributed by atoms with Crippen molar-refractivity contribution in [2.45, 2.75) is 43.0 Å². The number of carbonyl (C=O) groups excluding carboxylic acids is 2. The van der Waals surface area contributed by atoms with Crippen LogP contribution in [0, 0.1) is 0 Å². The first kappa shape index (κ1) is 10.8. The van der Waals surface area contributed by atoms with E-state index in [1.165, 1.54) is 0 Å². The second-order valence-electron chi connectivity index (χ2n) is 4.07. The zero-order valence-electron chi connectivity index (χ0n) is 8.57. The first-order valence-electron chi connectivity index (χ1n) is 5.43. The number of carbonyl (C=O) groups is 2. The number of fused-ring (bicyclic) bond motifs is 1. The molecule has 2 aliphatic heterocycles. The molecule has 0 aromatic heterocycles. The predicted octanol–water partition coefficient (Wildman–Crippen LogP) is 0.911. The smallest absolute Gasteiger partial charge is 0.315 e. The molecule has 0 aromatic rings. The van der Waals surface area contributed by atoms with Crippen LogP contribution in [-0.4, -0.2) is 35.4 Å². The molecule has 3 atom stereocenters. The van der Waals surface area contributed by atoms with E-state index in [9.17, 15) is 9.59 Å². The summed E-state index contributed by atoms with van der Waals surface area (Å²) in [5.74, 6) is 1.02. The van der Waals surface area contributed by atoms with Gasteiger partial charge in [0.15, 0.2) is 0 Å². The normalized spacial score (nSPS) is 33.3. The van der Waals surface area contributed by atoms with Gasteiger partial charge in [-0.3, -0.25) is 0 Å². The maximum atomic E-state index is 11.1. The highest BCUT2D eigenvalue weighted by Crippen LogP contribution is 2.33. The largest absolute Gasteiger partial charge is 0.332 e. The lowest BCUT2D eigenvalue weighted by atomic mass is 10.0. The van der Waals surface area contributed by atoms with Gasteiger partial charge in [-0.25, -0.2) is 4.79 Å². The Bertz CT molecular complexity index is 260. The number of amides is 2. The molecular weight excluding hydrogens is 212 g/mol. The number of nitrogens with one attached hydrogen (secondary N) is 2. The third kappa shape index (κ3) is 2.45. The highest BCUT2D eigenvalue weighted by atomic mass is 32.2. The molecular formula is C10H16N2O2S. The molecule has 2 N–H and O–H groups in total. The highest BCUT2D eigenvalue weighted by molar-refractivity contribution is 8.00. The topological polar surface area (TPSA) is 58.2 Å². The van der Waals surface area contributed by atoms with Crippen LogP contribution in [0.1, 0.15) is 25.7 Å². The van der Waals surface area contributed by atoms with E-state index in [-0.39, 0.29) is 6.03 Å². The van der Waals surface area contributed by atoms with Gasteiger partial charge in [-0.15, -0.1) is 0 Å². The van der Waals surface area contributed by atoms with Gasteiger partial charge in [0.25, 0.3) is 0 Å². The molecule has 5 heteroatoms. The summed E-state index contributed by atoms with van der Waals surface area (Å²) in [6.45, 7) is 0. The molecule has 0 saturated carbocycles. The summed E-state index contributed by atoms with van der Waals surface area (Å²) in [6, 6.07) is 0.598. The molecule has 0 bridgehead atoms. The standard InChI is InChI=1S/C10H16N2O2S/c13-5-3-1-2-4-8-9-7(6-15-8)11-10(14)12-9/h5,7-9H,1-4,6H2,(H2,11,12,14)/t7?,8?,9-/m0/s1. The van der Waals surface area contributed by atoms with Crippen molar-refractivity contribution in [1.82, 2.24) is 10.6 Å². The van der Waals surface area contributed by atoms with Gasteiger partial charge < -0.3 is 15.4 Å². The Balaban J connectivity index is 1.74. The van der Waals surface area contributed by atoms with Gasteiger partial charge in [-0.2, -0.15) is 11.8 Å². The Morgan fingerprint density at radius 1 is 1.40 bits per heavy atom. The number of rotatable bonds is 5. The van der Waals surface area contributed by atoms with E-state index >= 15 is 0 Å². The van der Waals surface area contributed by atoms with E-state index in [1.807, 2.05) is 11.8 Å². The molecule has 0 aliphatic carbocycles. The molecule has 2 amide bonds. The summed E-state index contributed by atoms with van der Waals surface area (Å²) in [5, 5.41) is 6.42. The average molecular weight is 228 g/mol. The molecule has 2 aliphatic rings. The molecule has 0 aromatic carbocycles. The Kier molecular flexibility index (Phi) is 3.51. The number of unbranched alkanes of at least 4 members (excludes halogenated alkanes) is 2. The number of thioether (sulfide) groups is 1. The average Bonchev–Trinajstić information content (AvgIpc) is 2.73. The van der Waals surface area contributed by atoms with Crippen molar-refractivity contribution in [1.29, 1.82) is 0 Å². The van der Waals surface area contributed by atoms with E-state index in [0.29, 0.717) is 23.8 Å². The van der Waals surface area contributed by atoms with Crippen molar-refractivity contribution in [3.63, 3.8) is 0 Å². The monoisotopic (exact) mass is 228 g/mol. The van der Waals surface area contributed by atoms with Crippen LogP contribution in [0.3, 0.4) is 0 Å². The van der Waals surface area contributed by atoms with Gasteiger partial charge in [0.1, 0.15) is 6.29 Å². The predicted molar refractivity (Wildman–Crippen MR) is 60.0 cm³/mol. The van der Waals surface area contributed by atoms with Crippen molar-refractivity contribution in [3.05, 3.63) is 0 Å². The third-order valence-corrected chi connectivity index (χ3v) is 4.51. The molecule has 0 spiro atoms. The minimum Gasteiger partial charge on any atom is -0.332 e. The SMILES string of the molecule is O=CCCCCC1SCC2NC(=O)N[C@@H]21. The quantitative estimate of drug-likeness (QED) is 0.418. The van der Waals surface area contributed by atoms with E-state index in [4.69, 9.17) is 0 Å². The van der Waals surface area contributed by atoms with Crippen molar-refractivity contribution >= 4 is 24.1 Å². The van der Waals surface area contributed by atoms with E-state index in [0.717, 1.165) is 31.3 Å². The maximum Gasteiger partial charge on any atom is 0.315 e. The fourth-order valence-electron chi connectivity index (χ4n) is 2.22. The maximum absolute atomic E-state index is 11.1. The van der Waals surface area contributed by atoms with E-state index < -0.39 is 0 Å². The molecule has 2 heterocycles. The molecule has 15 heavy (non-hydrogen) atoms. The van der Waals surface area contributed by atoms with Crippen LogP contribution in [0.25, 0.3) is 0 Å². The van der Waals surface area contributed by atoms with Gasteiger partial charge in [-0.1, -0.05) is 6.42 Å². The van der Waals surface area contributed by atoms with Gasteiger partial charge in [0.2, 0.25) is 0 Å². The molecule has 84 valence electrons. The summed E-state index contributed by atoms with van der Waals surface area (Å²) in [5.41, 5.74) is 0. The van der Waals surface area contributed by atoms with Crippen LogP contribution >= 0.6 is 11.8 Å². The second-order valence-corrected chi connectivity index (χ2v) is 5.35. The number of urea groups is 1. The van der Waals surface area contributed by atoms with Crippen molar-refractivity contribution in [2.75, 3.05) is 5.75 Å². The molecule has 2 unspecified atom stereocenters. The Morgan fingerprint density at radius 2 is 2.27 bits per heavy atom. The highest BCUT2D eigenvalue weighted by Gasteiger charge is 2.42. The van der Waals surface area contributed by atoms with Gasteiger partial charge in [-0.05, 0) is 12.8 Å². The van der Waals surface area contributed by atoms with E-state index in [2.05, 4.69) is 10.6 Å². The van der Waals surface area contributed by atoms with E-state index in [1.54, 1.807) is 0 Å². The zero-order valence-corrected chi connectivity index (χ0v) is 9.39. The third-order valence-electron chi connectivity index (χ3n) is 3.00. The first-order chi connectivity index (χ1) is 7.31. The zero-order chi connectivity index (χ0) is 10.7. The van der Waals surface area contributed by atoms with Crippen LogP contribution in [-0.2, 0) is 4.79 Å². The van der Waals surface area contributed by atoms with Gasteiger partial charge in [0, 0.05) is 17.4 Å². The van der Waals surface area contributed by atoms with Crippen LogP contribution in [0.2, 0.25) is 0 Å². The van der Waals surface area contributed by atoms with Gasteiger partial charge >= 0.3 is 6.03 Å². The van der Waals surface area contributed by atoms with Crippen molar-refractivity contribution in [3.8, 4) is 0 Å². The fourth-order valence-corrected chi connectivity index (χ4v) is 3.76. The number of hydrogen-bond acceptors (Lipinski definition) is 3. The Hall–Kier alpha value is -0.710. The van der Waals surface area contributed by atoms with Gasteiger partial charge in [0.05, 0.1) is 12.1 Å². The second kappa shape index (κ2) is 4.88. The lowest BCUT2D eigenvalue weighted by molar-refractivity contribution is -0.107. The Labute approximate surface area is 93.6 Å². The molecule has 0 radical (unpaired) electrons. The lowest BCUT2D eigenvalue weighted by Gasteiger charge is -2.15. The summed E-state index contributed by atoms with van der Waals surface area (Å²) < 4.78 is 0. The first-order valence-corrected chi connectivity index (χ1v) is 6.48. The van der Waals surface area contributed by atoms with Crippen LogP contribution < -0.4 is 10.6 Å². The van der Waals surface area contributed by atoms with Crippen LogP contribution in [0.4, 0.5) is 4.79 Å². The molecule has 2 rings (SSSR count). The number of hydrogen-bond donors (Lipinski definition) is 2.